The van der Waals surface area contributed by atoms with E-state index in [-0.39, 0.29) is 17.9 Å². The van der Waals surface area contributed by atoms with E-state index in [4.69, 9.17) is 4.74 Å². The van der Waals surface area contributed by atoms with Crippen molar-refractivity contribution in [2.24, 2.45) is 5.92 Å². The second-order valence-corrected chi connectivity index (χ2v) is 7.33. The number of fused-ring (bicyclic) bond motifs is 1. The van der Waals surface area contributed by atoms with Gasteiger partial charge in [-0.1, -0.05) is 30.3 Å². The summed E-state index contributed by atoms with van der Waals surface area (Å²) in [4.78, 5) is 16.6. The van der Waals surface area contributed by atoms with E-state index in [1.54, 1.807) is 0 Å². The number of rotatable bonds is 2. The summed E-state index contributed by atoms with van der Waals surface area (Å²) in [6.45, 7) is 2.35. The third-order valence-electron chi connectivity index (χ3n) is 4.89. The van der Waals surface area contributed by atoms with Gasteiger partial charge in [-0.15, -0.1) is 11.3 Å². The number of carbonyl (C=O) groups excluding carboxylic acids is 1. The van der Waals surface area contributed by atoms with Crippen molar-refractivity contribution in [2.75, 3.05) is 13.2 Å². The first-order valence-corrected chi connectivity index (χ1v) is 9.21. The summed E-state index contributed by atoms with van der Waals surface area (Å²) >= 11 is 1.81. The van der Waals surface area contributed by atoms with Gasteiger partial charge in [-0.25, -0.2) is 0 Å². The zero-order chi connectivity index (χ0) is 15.6. The van der Waals surface area contributed by atoms with Gasteiger partial charge < -0.3 is 9.64 Å². The predicted octanol–water partition coefficient (Wildman–Crippen LogP) is 3.80. The van der Waals surface area contributed by atoms with Crippen molar-refractivity contribution < 1.29 is 9.53 Å². The lowest BCUT2D eigenvalue weighted by Gasteiger charge is -2.36. The van der Waals surface area contributed by atoms with Crippen LogP contribution >= 0.6 is 11.3 Å². The lowest BCUT2D eigenvalue weighted by Crippen LogP contribution is -2.42. The monoisotopic (exact) mass is 327 g/mol. The van der Waals surface area contributed by atoms with Gasteiger partial charge >= 0.3 is 0 Å². The van der Waals surface area contributed by atoms with Crippen molar-refractivity contribution in [1.82, 2.24) is 4.90 Å². The van der Waals surface area contributed by atoms with Gasteiger partial charge in [0, 0.05) is 24.6 Å². The summed E-state index contributed by atoms with van der Waals surface area (Å²) in [5, 5.41) is 2.13. The highest BCUT2D eigenvalue weighted by Gasteiger charge is 2.36. The molecule has 1 fully saturated rings. The van der Waals surface area contributed by atoms with Gasteiger partial charge in [0.1, 0.15) is 0 Å². The Morgan fingerprint density at radius 3 is 2.96 bits per heavy atom. The first kappa shape index (κ1) is 14.9. The van der Waals surface area contributed by atoms with Gasteiger partial charge in [0.25, 0.3) is 0 Å². The van der Waals surface area contributed by atoms with Crippen molar-refractivity contribution in [3.05, 3.63) is 57.8 Å². The molecule has 2 aliphatic heterocycles. The first-order chi connectivity index (χ1) is 11.3. The van der Waals surface area contributed by atoms with E-state index < -0.39 is 0 Å². The Morgan fingerprint density at radius 1 is 1.22 bits per heavy atom. The minimum atomic E-state index is -0.0960. The zero-order valence-electron chi connectivity index (χ0n) is 13.1. The Morgan fingerprint density at radius 2 is 2.09 bits per heavy atom. The molecule has 0 spiro atoms. The van der Waals surface area contributed by atoms with E-state index in [0.717, 1.165) is 44.5 Å². The average molecular weight is 327 g/mol. The summed E-state index contributed by atoms with van der Waals surface area (Å²) in [6, 6.07) is 12.4. The fourth-order valence-electron chi connectivity index (χ4n) is 3.68. The molecule has 3 heterocycles. The quantitative estimate of drug-likeness (QED) is 0.839. The van der Waals surface area contributed by atoms with Gasteiger partial charge in [-0.3, -0.25) is 4.79 Å². The van der Waals surface area contributed by atoms with E-state index in [9.17, 15) is 4.79 Å². The minimum Gasteiger partial charge on any atom is -0.373 e. The number of benzene rings is 1. The zero-order valence-corrected chi connectivity index (χ0v) is 13.9. The molecule has 2 aliphatic rings. The fourth-order valence-corrected chi connectivity index (χ4v) is 4.57. The van der Waals surface area contributed by atoms with Crippen LogP contribution < -0.4 is 0 Å². The van der Waals surface area contributed by atoms with Crippen LogP contribution in [0.2, 0.25) is 0 Å². The number of carbonyl (C=O) groups is 1. The summed E-state index contributed by atoms with van der Waals surface area (Å²) in [5.41, 5.74) is 2.45. The second kappa shape index (κ2) is 6.46. The lowest BCUT2D eigenvalue weighted by molar-refractivity contribution is -0.146. The molecule has 1 amide bonds. The highest BCUT2D eigenvalue weighted by Crippen LogP contribution is 2.36. The molecule has 0 radical (unpaired) electrons. The first-order valence-electron chi connectivity index (χ1n) is 8.33. The summed E-state index contributed by atoms with van der Waals surface area (Å²) in [6.07, 6.45) is 2.78. The lowest BCUT2D eigenvalue weighted by atomic mass is 9.88. The molecule has 2 atom stereocenters. The Hall–Kier alpha value is -1.65. The van der Waals surface area contributed by atoms with Crippen LogP contribution in [0.4, 0.5) is 0 Å². The third kappa shape index (κ3) is 2.93. The summed E-state index contributed by atoms with van der Waals surface area (Å²) in [7, 11) is 0. The van der Waals surface area contributed by atoms with Crippen molar-refractivity contribution >= 4 is 17.2 Å². The molecule has 120 valence electrons. The van der Waals surface area contributed by atoms with Crippen LogP contribution in [0, 0.1) is 5.92 Å². The largest absolute Gasteiger partial charge is 0.373 e. The van der Waals surface area contributed by atoms with Gasteiger partial charge in [0.15, 0.2) is 0 Å². The second-order valence-electron chi connectivity index (χ2n) is 6.33. The van der Waals surface area contributed by atoms with Crippen molar-refractivity contribution in [3.8, 4) is 0 Å². The van der Waals surface area contributed by atoms with Crippen molar-refractivity contribution in [1.29, 1.82) is 0 Å². The maximum absolute atomic E-state index is 13.1. The van der Waals surface area contributed by atoms with E-state index in [2.05, 4.69) is 23.6 Å². The Labute approximate surface area is 140 Å². The molecule has 4 rings (SSSR count). The van der Waals surface area contributed by atoms with Crippen LogP contribution in [0.15, 0.2) is 41.8 Å². The van der Waals surface area contributed by atoms with Crippen LogP contribution in [0.3, 0.4) is 0 Å². The number of amides is 1. The maximum atomic E-state index is 13.1. The molecule has 0 bridgehead atoms. The van der Waals surface area contributed by atoms with Crippen LogP contribution in [0.1, 0.15) is 34.9 Å². The van der Waals surface area contributed by atoms with Crippen LogP contribution in [0.25, 0.3) is 0 Å². The molecule has 1 aromatic carbocycles. The normalized spacial score (nSPS) is 24.3. The van der Waals surface area contributed by atoms with E-state index in [1.807, 2.05) is 34.4 Å². The molecule has 0 unspecified atom stereocenters. The van der Waals surface area contributed by atoms with E-state index in [1.165, 1.54) is 10.4 Å². The SMILES string of the molecule is O=C([C@@H]1CCCO[C@H]1c1ccccc1)N1CCc2sccc2C1. The number of ether oxygens (including phenoxy) is 1. The average Bonchev–Trinajstić information content (AvgIpc) is 3.09. The predicted molar refractivity (Wildman–Crippen MR) is 91.3 cm³/mol. The van der Waals surface area contributed by atoms with Crippen LogP contribution in [0.5, 0.6) is 0 Å². The van der Waals surface area contributed by atoms with Crippen LogP contribution in [-0.2, 0) is 22.5 Å². The fraction of sp³-hybridized carbons (Fsp3) is 0.421. The molecule has 0 N–H and O–H groups in total. The number of hydrogen-bond acceptors (Lipinski definition) is 3. The summed E-state index contributed by atoms with van der Waals surface area (Å²) in [5.74, 6) is 0.210. The molecule has 2 aromatic rings. The maximum Gasteiger partial charge on any atom is 0.228 e. The Kier molecular flexibility index (Phi) is 4.19. The molecular formula is C19H21NO2S. The van der Waals surface area contributed by atoms with E-state index >= 15 is 0 Å². The molecule has 3 nitrogen and oxygen atoms in total. The Balaban J connectivity index is 1.54. The molecule has 0 saturated carbocycles. The van der Waals surface area contributed by atoms with Crippen LogP contribution in [-0.4, -0.2) is 24.0 Å². The molecular weight excluding hydrogens is 306 g/mol. The topological polar surface area (TPSA) is 29.5 Å². The summed E-state index contributed by atoms with van der Waals surface area (Å²) < 4.78 is 6.00. The highest BCUT2D eigenvalue weighted by molar-refractivity contribution is 7.10. The van der Waals surface area contributed by atoms with Crippen molar-refractivity contribution in [2.45, 2.75) is 31.9 Å². The molecule has 23 heavy (non-hydrogen) atoms. The third-order valence-corrected chi connectivity index (χ3v) is 5.91. The number of thiophene rings is 1. The number of nitrogens with zero attached hydrogens (tertiary/aromatic N) is 1. The standard InChI is InChI=1S/C19H21NO2S/c21-19(20-10-8-17-15(13-20)9-12-23-17)16-7-4-11-22-18(16)14-5-2-1-3-6-14/h1-3,5-6,9,12,16,18H,4,7-8,10-11,13H2/t16-,18+/m1/s1. The van der Waals surface area contributed by atoms with Gasteiger partial charge in [-0.2, -0.15) is 0 Å². The molecule has 4 heteroatoms. The molecule has 1 saturated heterocycles. The van der Waals surface area contributed by atoms with Gasteiger partial charge in [0.2, 0.25) is 5.91 Å². The molecule has 0 aliphatic carbocycles. The van der Waals surface area contributed by atoms with Crippen molar-refractivity contribution in [3.63, 3.8) is 0 Å². The highest BCUT2D eigenvalue weighted by atomic mass is 32.1. The van der Waals surface area contributed by atoms with Gasteiger partial charge in [0.05, 0.1) is 12.0 Å². The Bertz CT molecular complexity index is 682. The number of hydrogen-bond donors (Lipinski definition) is 0. The smallest absolute Gasteiger partial charge is 0.228 e. The minimum absolute atomic E-state index is 0.0497. The van der Waals surface area contributed by atoms with Gasteiger partial charge in [-0.05, 0) is 41.8 Å². The van der Waals surface area contributed by atoms with E-state index in [0.29, 0.717) is 0 Å². The molecule has 1 aromatic heterocycles.